The molecule has 0 aliphatic carbocycles. The maximum Gasteiger partial charge on any atom is 0.326 e. The first-order chi connectivity index (χ1) is 12.7. The van der Waals surface area contributed by atoms with E-state index in [9.17, 15) is 24.0 Å². The van der Waals surface area contributed by atoms with Crippen molar-refractivity contribution in [2.24, 2.45) is 5.73 Å². The summed E-state index contributed by atoms with van der Waals surface area (Å²) in [5.41, 5.74) is 5.61. The van der Waals surface area contributed by atoms with Crippen LogP contribution < -0.4 is 11.1 Å². The molecule has 0 radical (unpaired) electrons. The molecule has 3 amide bonds. The van der Waals surface area contributed by atoms with Gasteiger partial charge in [0.25, 0.3) is 5.91 Å². The van der Waals surface area contributed by atoms with Crippen LogP contribution in [0.25, 0.3) is 0 Å². The lowest BCUT2D eigenvalue weighted by atomic mass is 10.1. The van der Waals surface area contributed by atoms with Crippen molar-refractivity contribution < 1.29 is 33.4 Å². The highest BCUT2D eigenvalue weighted by molar-refractivity contribution is 7.80. The molecule has 3 N–H and O–H groups in total. The minimum atomic E-state index is -1.13. The molecule has 2 unspecified atom stereocenters. The van der Waals surface area contributed by atoms with Crippen molar-refractivity contribution in [2.75, 3.05) is 25.5 Å². The fourth-order valence-electron chi connectivity index (χ4n) is 1.97. The standard InChI is InChI=1S/C16H27N3O7S/c1-4-25-14(22)8-19(10(3)20)15(23)12(9-27)18-13(21)7-6-11(17)16(24)26-5-2/h11-12,27H,4-9,17H2,1-3H3,(H,18,21). The van der Waals surface area contributed by atoms with E-state index >= 15 is 0 Å². The molecule has 0 fully saturated rings. The van der Waals surface area contributed by atoms with Crippen molar-refractivity contribution in [3.8, 4) is 0 Å². The summed E-state index contributed by atoms with van der Waals surface area (Å²) >= 11 is 4.01. The van der Waals surface area contributed by atoms with Crippen LogP contribution in [-0.4, -0.2) is 72.2 Å². The summed E-state index contributed by atoms with van der Waals surface area (Å²) in [6.45, 7) is 4.07. The molecule has 0 aliphatic rings. The Morgan fingerprint density at radius 2 is 1.70 bits per heavy atom. The second-order valence-corrected chi connectivity index (χ2v) is 5.81. The Morgan fingerprint density at radius 3 is 2.19 bits per heavy atom. The molecular formula is C16H27N3O7S. The van der Waals surface area contributed by atoms with Crippen LogP contribution in [0, 0.1) is 0 Å². The van der Waals surface area contributed by atoms with Crippen LogP contribution in [-0.2, 0) is 33.4 Å². The van der Waals surface area contributed by atoms with Gasteiger partial charge in [-0.25, -0.2) is 0 Å². The molecule has 0 saturated carbocycles. The minimum Gasteiger partial charge on any atom is -0.465 e. The van der Waals surface area contributed by atoms with Crippen LogP contribution in [0.2, 0.25) is 0 Å². The van der Waals surface area contributed by atoms with Gasteiger partial charge in [0.05, 0.1) is 13.2 Å². The van der Waals surface area contributed by atoms with Crippen molar-refractivity contribution in [1.82, 2.24) is 10.2 Å². The zero-order valence-electron chi connectivity index (χ0n) is 15.7. The number of carbonyl (C=O) groups excluding carboxylic acids is 5. The zero-order chi connectivity index (χ0) is 21.0. The number of ether oxygens (including phenoxy) is 2. The van der Waals surface area contributed by atoms with Gasteiger partial charge in [0.1, 0.15) is 18.6 Å². The molecule has 0 bridgehead atoms. The van der Waals surface area contributed by atoms with Gasteiger partial charge < -0.3 is 20.5 Å². The van der Waals surface area contributed by atoms with E-state index in [1.165, 1.54) is 0 Å². The van der Waals surface area contributed by atoms with Crippen LogP contribution in [0.15, 0.2) is 0 Å². The summed E-state index contributed by atoms with van der Waals surface area (Å²) in [5, 5.41) is 2.41. The third-order valence-electron chi connectivity index (χ3n) is 3.33. The number of hydrogen-bond donors (Lipinski definition) is 3. The fourth-order valence-corrected chi connectivity index (χ4v) is 2.22. The average Bonchev–Trinajstić information content (AvgIpc) is 2.61. The minimum absolute atomic E-state index is 0.0252. The van der Waals surface area contributed by atoms with Gasteiger partial charge in [0.15, 0.2) is 0 Å². The van der Waals surface area contributed by atoms with Crippen molar-refractivity contribution in [3.05, 3.63) is 0 Å². The number of rotatable bonds is 11. The molecule has 0 aromatic heterocycles. The predicted molar refractivity (Wildman–Crippen MR) is 98.7 cm³/mol. The van der Waals surface area contributed by atoms with E-state index in [0.29, 0.717) is 4.90 Å². The molecule has 0 aliphatic heterocycles. The molecule has 0 heterocycles. The van der Waals surface area contributed by atoms with E-state index in [0.717, 1.165) is 6.92 Å². The number of esters is 2. The first-order valence-corrected chi connectivity index (χ1v) is 9.11. The van der Waals surface area contributed by atoms with Gasteiger partial charge in [-0.05, 0) is 20.3 Å². The highest BCUT2D eigenvalue weighted by Crippen LogP contribution is 2.03. The van der Waals surface area contributed by atoms with E-state index in [2.05, 4.69) is 17.9 Å². The summed E-state index contributed by atoms with van der Waals surface area (Å²) in [5.74, 6) is -3.47. The molecule has 0 rings (SSSR count). The maximum atomic E-state index is 12.5. The molecule has 0 saturated heterocycles. The summed E-state index contributed by atoms with van der Waals surface area (Å²) < 4.78 is 9.47. The first-order valence-electron chi connectivity index (χ1n) is 8.47. The second-order valence-electron chi connectivity index (χ2n) is 5.45. The van der Waals surface area contributed by atoms with Crippen LogP contribution in [0.3, 0.4) is 0 Å². The van der Waals surface area contributed by atoms with Crippen molar-refractivity contribution in [1.29, 1.82) is 0 Å². The quantitative estimate of drug-likeness (QED) is 0.293. The van der Waals surface area contributed by atoms with Crippen LogP contribution in [0.5, 0.6) is 0 Å². The highest BCUT2D eigenvalue weighted by Gasteiger charge is 2.29. The summed E-state index contributed by atoms with van der Waals surface area (Å²) in [7, 11) is 0. The van der Waals surface area contributed by atoms with Crippen LogP contribution in [0.4, 0.5) is 0 Å². The molecular weight excluding hydrogens is 378 g/mol. The topological polar surface area (TPSA) is 145 Å². The van der Waals surface area contributed by atoms with E-state index < -0.39 is 48.3 Å². The van der Waals surface area contributed by atoms with Gasteiger partial charge in [0.2, 0.25) is 11.8 Å². The lowest BCUT2D eigenvalue weighted by Gasteiger charge is -2.24. The predicted octanol–water partition coefficient (Wildman–Crippen LogP) is -0.990. The summed E-state index contributed by atoms with van der Waals surface area (Å²) in [4.78, 5) is 59.8. The van der Waals surface area contributed by atoms with E-state index in [-0.39, 0.29) is 31.8 Å². The number of amides is 3. The molecule has 154 valence electrons. The molecule has 27 heavy (non-hydrogen) atoms. The highest BCUT2D eigenvalue weighted by atomic mass is 32.1. The molecule has 11 heteroatoms. The largest absolute Gasteiger partial charge is 0.465 e. The first kappa shape index (κ1) is 24.9. The number of carbonyl (C=O) groups is 5. The van der Waals surface area contributed by atoms with Gasteiger partial charge in [0, 0.05) is 19.1 Å². The molecule has 2 atom stereocenters. The Balaban J connectivity index is 4.80. The smallest absolute Gasteiger partial charge is 0.326 e. The normalized spacial score (nSPS) is 12.5. The number of imide groups is 1. The van der Waals surface area contributed by atoms with E-state index in [1.807, 2.05) is 0 Å². The van der Waals surface area contributed by atoms with E-state index in [4.69, 9.17) is 15.2 Å². The van der Waals surface area contributed by atoms with Crippen LogP contribution in [0.1, 0.15) is 33.6 Å². The van der Waals surface area contributed by atoms with Crippen molar-refractivity contribution >= 4 is 42.3 Å². The van der Waals surface area contributed by atoms with Crippen molar-refractivity contribution in [2.45, 2.75) is 45.7 Å². The zero-order valence-corrected chi connectivity index (χ0v) is 16.6. The third kappa shape index (κ3) is 9.38. The number of nitrogens with zero attached hydrogens (tertiary/aromatic N) is 1. The van der Waals surface area contributed by atoms with Gasteiger partial charge in [-0.15, -0.1) is 0 Å². The monoisotopic (exact) mass is 405 g/mol. The van der Waals surface area contributed by atoms with Crippen molar-refractivity contribution in [3.63, 3.8) is 0 Å². The SMILES string of the molecule is CCOC(=O)CN(C(C)=O)C(=O)C(CS)NC(=O)CCC(N)C(=O)OCC. The summed E-state index contributed by atoms with van der Waals surface area (Å²) in [6.07, 6.45) is -0.104. The summed E-state index contributed by atoms with van der Waals surface area (Å²) in [6, 6.07) is -2.09. The maximum absolute atomic E-state index is 12.5. The Labute approximate surface area is 163 Å². The lowest BCUT2D eigenvalue weighted by Crippen LogP contribution is -2.52. The average molecular weight is 405 g/mol. The molecule has 10 nitrogen and oxygen atoms in total. The van der Waals surface area contributed by atoms with Gasteiger partial charge in [-0.3, -0.25) is 28.9 Å². The van der Waals surface area contributed by atoms with Crippen LogP contribution >= 0.6 is 12.6 Å². The number of hydrogen-bond acceptors (Lipinski definition) is 9. The van der Waals surface area contributed by atoms with Gasteiger partial charge in [-0.2, -0.15) is 12.6 Å². The van der Waals surface area contributed by atoms with Gasteiger partial charge in [-0.1, -0.05) is 0 Å². The Morgan fingerprint density at radius 1 is 1.11 bits per heavy atom. The Bertz CT molecular complexity index is 556. The Kier molecular flexibility index (Phi) is 12.1. The second kappa shape index (κ2) is 13.1. The number of nitrogens with one attached hydrogen (secondary N) is 1. The third-order valence-corrected chi connectivity index (χ3v) is 3.69. The molecule has 0 aromatic rings. The lowest BCUT2D eigenvalue weighted by molar-refractivity contribution is -0.155. The number of thiol groups is 1. The Hall–Kier alpha value is -2.14. The van der Waals surface area contributed by atoms with Gasteiger partial charge >= 0.3 is 11.9 Å². The molecule has 0 spiro atoms. The number of nitrogens with two attached hydrogens (primary N) is 1. The van der Waals surface area contributed by atoms with E-state index in [1.54, 1.807) is 13.8 Å². The molecule has 0 aromatic carbocycles. The fraction of sp³-hybridized carbons (Fsp3) is 0.688.